The molecular formula is C31H42ClN3O5. The summed E-state index contributed by atoms with van der Waals surface area (Å²) in [5.74, 6) is 1.35. The number of aliphatic imine (C=N–C) groups is 1. The summed E-state index contributed by atoms with van der Waals surface area (Å²) in [6.07, 6.45) is 5.78. The number of rotatable bonds is 13. The Morgan fingerprint density at radius 1 is 0.950 bits per heavy atom. The Morgan fingerprint density at radius 3 is 2.60 bits per heavy atom. The minimum Gasteiger partial charge on any atom is -0.494 e. The second-order valence-corrected chi connectivity index (χ2v) is 10.7. The zero-order valence-corrected chi connectivity index (χ0v) is 24.6. The summed E-state index contributed by atoms with van der Waals surface area (Å²) in [5.41, 5.74) is 4.27. The second kappa shape index (κ2) is 15.7. The van der Waals surface area contributed by atoms with E-state index in [9.17, 15) is 4.79 Å². The molecule has 0 bridgehead atoms. The summed E-state index contributed by atoms with van der Waals surface area (Å²) in [6, 6.07) is 12.3. The highest BCUT2D eigenvalue weighted by atomic mass is 35.5. The lowest BCUT2D eigenvalue weighted by molar-refractivity contribution is -0.00155. The van der Waals surface area contributed by atoms with E-state index in [2.05, 4.69) is 52.9 Å². The number of piperazine rings is 1. The standard InChI is InChI=1S/C31H42ClN3O5/c1-3-4-6-21-38-31(36)40-23-39-29-14-12-25-11-13-26(22-27(25)33-29)37-20-7-5-15-34-16-18-35(19-17-34)28-10-8-9-24(2)30(28)32/h8-11,13,22H,3-7,12,14-21,23H2,1-2H3. The molecule has 0 N–H and O–H groups in total. The van der Waals surface area contributed by atoms with Crippen molar-refractivity contribution in [2.24, 2.45) is 4.99 Å². The van der Waals surface area contributed by atoms with Crippen LogP contribution in [0.25, 0.3) is 0 Å². The number of unbranched alkanes of at least 4 members (excludes halogenated alkanes) is 3. The number of aryl methyl sites for hydroxylation is 2. The minimum atomic E-state index is -0.710. The number of hydrogen-bond acceptors (Lipinski definition) is 8. The third-order valence-electron chi connectivity index (χ3n) is 7.30. The van der Waals surface area contributed by atoms with Gasteiger partial charge in [-0.3, -0.25) is 4.90 Å². The van der Waals surface area contributed by atoms with Crippen molar-refractivity contribution in [3.8, 4) is 5.75 Å². The van der Waals surface area contributed by atoms with Crippen LogP contribution >= 0.6 is 11.6 Å². The van der Waals surface area contributed by atoms with Crippen molar-refractivity contribution in [2.45, 2.75) is 58.8 Å². The summed E-state index contributed by atoms with van der Waals surface area (Å²) in [4.78, 5) is 21.1. The molecule has 40 heavy (non-hydrogen) atoms. The highest BCUT2D eigenvalue weighted by Crippen LogP contribution is 2.31. The van der Waals surface area contributed by atoms with Crippen molar-refractivity contribution in [2.75, 3.05) is 57.6 Å². The van der Waals surface area contributed by atoms with Crippen LogP contribution in [0, 0.1) is 6.92 Å². The van der Waals surface area contributed by atoms with E-state index >= 15 is 0 Å². The average Bonchev–Trinajstić information content (AvgIpc) is 2.97. The maximum Gasteiger partial charge on any atom is 0.511 e. The number of fused-ring (bicyclic) bond motifs is 1. The van der Waals surface area contributed by atoms with E-state index in [-0.39, 0.29) is 6.79 Å². The van der Waals surface area contributed by atoms with Gasteiger partial charge in [0.1, 0.15) is 5.75 Å². The molecule has 1 fully saturated rings. The molecule has 218 valence electrons. The Morgan fingerprint density at radius 2 is 1.77 bits per heavy atom. The van der Waals surface area contributed by atoms with Crippen LogP contribution in [0.15, 0.2) is 41.4 Å². The Labute approximate surface area is 243 Å². The van der Waals surface area contributed by atoms with Gasteiger partial charge in [-0.1, -0.05) is 49.6 Å². The largest absolute Gasteiger partial charge is 0.511 e. The number of hydrogen-bond donors (Lipinski definition) is 0. The first kappa shape index (κ1) is 30.0. The predicted octanol–water partition coefficient (Wildman–Crippen LogP) is 6.92. The van der Waals surface area contributed by atoms with E-state index in [1.54, 1.807) is 0 Å². The van der Waals surface area contributed by atoms with E-state index in [1.807, 2.05) is 12.1 Å². The molecule has 2 aliphatic rings. The molecule has 2 aromatic rings. The number of benzene rings is 2. The maximum atomic E-state index is 11.6. The average molecular weight is 572 g/mol. The third kappa shape index (κ3) is 9.03. The quantitative estimate of drug-likeness (QED) is 0.147. The van der Waals surface area contributed by atoms with Gasteiger partial charge >= 0.3 is 6.16 Å². The maximum absolute atomic E-state index is 11.6. The van der Waals surface area contributed by atoms with Gasteiger partial charge in [0.2, 0.25) is 6.79 Å². The molecule has 1 saturated heterocycles. The van der Waals surface area contributed by atoms with Crippen LogP contribution in [-0.2, 0) is 20.6 Å². The van der Waals surface area contributed by atoms with Gasteiger partial charge in [-0.2, -0.15) is 0 Å². The predicted molar refractivity (Wildman–Crippen MR) is 159 cm³/mol. The van der Waals surface area contributed by atoms with Crippen molar-refractivity contribution in [1.82, 2.24) is 4.90 Å². The Balaban J connectivity index is 1.12. The van der Waals surface area contributed by atoms with Crippen LogP contribution in [0.2, 0.25) is 5.02 Å². The van der Waals surface area contributed by atoms with E-state index in [4.69, 9.17) is 30.5 Å². The Bertz CT molecular complexity index is 1130. The van der Waals surface area contributed by atoms with Gasteiger partial charge in [0.25, 0.3) is 0 Å². The number of halogens is 1. The molecule has 0 aromatic heterocycles. The van der Waals surface area contributed by atoms with Crippen molar-refractivity contribution in [3.05, 3.63) is 52.5 Å². The second-order valence-electron chi connectivity index (χ2n) is 10.3. The molecule has 0 saturated carbocycles. The summed E-state index contributed by atoms with van der Waals surface area (Å²) < 4.78 is 21.6. The fraction of sp³-hybridized carbons (Fsp3) is 0.548. The first-order chi connectivity index (χ1) is 19.5. The van der Waals surface area contributed by atoms with E-state index < -0.39 is 6.16 Å². The fourth-order valence-corrected chi connectivity index (χ4v) is 5.14. The van der Waals surface area contributed by atoms with Gasteiger partial charge in [0, 0.05) is 38.7 Å². The van der Waals surface area contributed by atoms with Crippen LogP contribution < -0.4 is 9.64 Å². The molecule has 8 nitrogen and oxygen atoms in total. The summed E-state index contributed by atoms with van der Waals surface area (Å²) in [6.45, 7) is 10.1. The smallest absolute Gasteiger partial charge is 0.494 e. The number of nitrogens with zero attached hydrogens (tertiary/aromatic N) is 3. The van der Waals surface area contributed by atoms with Crippen molar-refractivity contribution >= 4 is 35.0 Å². The lowest BCUT2D eigenvalue weighted by Crippen LogP contribution is -2.46. The van der Waals surface area contributed by atoms with Gasteiger partial charge in [0.15, 0.2) is 5.90 Å². The van der Waals surface area contributed by atoms with Gasteiger partial charge in [-0.05, 0) is 62.4 Å². The van der Waals surface area contributed by atoms with Crippen LogP contribution in [0.5, 0.6) is 5.75 Å². The van der Waals surface area contributed by atoms with Gasteiger partial charge in [-0.15, -0.1) is 0 Å². The normalized spacial score (nSPS) is 15.3. The molecule has 9 heteroatoms. The molecule has 2 heterocycles. The number of carbonyl (C=O) groups is 1. The number of anilines is 1. The molecule has 0 unspecified atom stereocenters. The van der Waals surface area contributed by atoms with E-state index in [0.717, 1.165) is 105 Å². The minimum absolute atomic E-state index is 0.203. The monoisotopic (exact) mass is 571 g/mol. The van der Waals surface area contributed by atoms with Gasteiger partial charge in [0.05, 0.1) is 29.6 Å². The van der Waals surface area contributed by atoms with Crippen LogP contribution in [0.4, 0.5) is 16.2 Å². The molecule has 0 atom stereocenters. The molecule has 0 spiro atoms. The van der Waals surface area contributed by atoms with E-state index in [0.29, 0.717) is 25.5 Å². The van der Waals surface area contributed by atoms with Crippen LogP contribution in [0.3, 0.4) is 0 Å². The highest BCUT2D eigenvalue weighted by molar-refractivity contribution is 6.34. The van der Waals surface area contributed by atoms with Gasteiger partial charge in [-0.25, -0.2) is 9.79 Å². The lowest BCUT2D eigenvalue weighted by Gasteiger charge is -2.36. The summed E-state index contributed by atoms with van der Waals surface area (Å²) in [5, 5.41) is 0.869. The Hall–Kier alpha value is -2.97. The topological polar surface area (TPSA) is 72.8 Å². The van der Waals surface area contributed by atoms with Crippen LogP contribution in [-0.4, -0.2) is 69.7 Å². The summed E-state index contributed by atoms with van der Waals surface area (Å²) >= 11 is 6.53. The van der Waals surface area contributed by atoms with Gasteiger partial charge < -0.3 is 23.8 Å². The zero-order valence-electron chi connectivity index (χ0n) is 23.8. The molecular weight excluding hydrogens is 530 g/mol. The fourth-order valence-electron chi connectivity index (χ4n) is 4.90. The molecule has 2 aliphatic heterocycles. The van der Waals surface area contributed by atoms with Crippen molar-refractivity contribution in [1.29, 1.82) is 0 Å². The van der Waals surface area contributed by atoms with Crippen molar-refractivity contribution < 1.29 is 23.7 Å². The molecule has 4 rings (SSSR count). The molecule has 0 aliphatic carbocycles. The lowest BCUT2D eigenvalue weighted by atomic mass is 10.0. The molecule has 0 amide bonds. The number of carbonyl (C=O) groups excluding carboxylic acids is 1. The Kier molecular flexibility index (Phi) is 11.8. The summed E-state index contributed by atoms with van der Waals surface area (Å²) in [7, 11) is 0. The first-order valence-electron chi connectivity index (χ1n) is 14.5. The van der Waals surface area contributed by atoms with Crippen LogP contribution in [0.1, 0.15) is 56.6 Å². The zero-order chi connectivity index (χ0) is 28.2. The third-order valence-corrected chi connectivity index (χ3v) is 7.79. The van der Waals surface area contributed by atoms with Crippen molar-refractivity contribution in [3.63, 3.8) is 0 Å². The molecule has 2 aromatic carbocycles. The number of ether oxygens (including phenoxy) is 4. The molecule has 0 radical (unpaired) electrons. The highest BCUT2D eigenvalue weighted by Gasteiger charge is 2.19. The van der Waals surface area contributed by atoms with E-state index in [1.165, 1.54) is 0 Å². The first-order valence-corrected chi connectivity index (χ1v) is 14.9. The SMILES string of the molecule is CCCCCOC(=O)OCOC1=Nc2cc(OCCCCN3CCN(c4cccc(C)c4Cl)CC3)ccc2CC1.